The molecule has 1 aliphatic heterocycles. The maximum atomic E-state index is 12.5. The quantitative estimate of drug-likeness (QED) is 0.591. The van der Waals surface area contributed by atoms with E-state index in [-0.39, 0.29) is 11.0 Å². The van der Waals surface area contributed by atoms with Gasteiger partial charge in [-0.05, 0) is 31.9 Å². The van der Waals surface area contributed by atoms with Crippen LogP contribution in [-0.2, 0) is 13.0 Å². The maximum absolute atomic E-state index is 12.5. The van der Waals surface area contributed by atoms with Crippen molar-refractivity contribution in [3.63, 3.8) is 0 Å². The van der Waals surface area contributed by atoms with Crippen molar-refractivity contribution < 1.29 is 4.79 Å². The molecule has 1 atom stereocenters. The molecule has 1 aromatic carbocycles. The smallest absolute Gasteiger partial charge is 0.191 e. The maximum Gasteiger partial charge on any atom is 0.191 e. The summed E-state index contributed by atoms with van der Waals surface area (Å²) in [7, 11) is 0. The second-order valence-electron chi connectivity index (χ2n) is 5.49. The van der Waals surface area contributed by atoms with Crippen LogP contribution in [-0.4, -0.2) is 25.8 Å². The van der Waals surface area contributed by atoms with Gasteiger partial charge in [-0.2, -0.15) is 0 Å². The number of halogens is 1. The number of ketones is 1. The fourth-order valence-corrected chi connectivity index (χ4v) is 3.84. The highest BCUT2D eigenvalue weighted by atomic mass is 79.9. The van der Waals surface area contributed by atoms with Gasteiger partial charge in [0.2, 0.25) is 0 Å². The Kier molecular flexibility index (Phi) is 4.98. The van der Waals surface area contributed by atoms with Crippen molar-refractivity contribution in [2.75, 3.05) is 0 Å². The number of aryl methyl sites for hydroxylation is 1. The van der Waals surface area contributed by atoms with Crippen LogP contribution in [0, 0.1) is 0 Å². The van der Waals surface area contributed by atoms with E-state index < -0.39 is 0 Å². The Morgan fingerprint density at radius 3 is 2.77 bits per heavy atom. The van der Waals surface area contributed by atoms with E-state index in [1.807, 2.05) is 31.2 Å². The summed E-state index contributed by atoms with van der Waals surface area (Å²) in [6, 6.07) is 7.50. The third-order valence-electron chi connectivity index (χ3n) is 3.86. The minimum absolute atomic E-state index is 0.128. The third kappa shape index (κ3) is 3.43. The number of nitrogens with zero attached hydrogens (tertiary/aromatic N) is 3. The van der Waals surface area contributed by atoms with Crippen molar-refractivity contribution in [2.24, 2.45) is 0 Å². The lowest BCUT2D eigenvalue weighted by Crippen LogP contribution is -2.15. The molecule has 0 N–H and O–H groups in total. The molecule has 0 spiro atoms. The molecule has 0 bridgehead atoms. The van der Waals surface area contributed by atoms with Crippen LogP contribution in [0.5, 0.6) is 0 Å². The van der Waals surface area contributed by atoms with Gasteiger partial charge in [0.15, 0.2) is 10.9 Å². The van der Waals surface area contributed by atoms with E-state index in [1.54, 1.807) is 0 Å². The van der Waals surface area contributed by atoms with E-state index in [0.717, 1.165) is 40.4 Å². The number of Topliss-reactive ketones (excluding diaryl/α,β-unsaturated/α-hetero) is 1. The van der Waals surface area contributed by atoms with Gasteiger partial charge in [-0.15, -0.1) is 10.2 Å². The van der Waals surface area contributed by atoms with Gasteiger partial charge < -0.3 is 4.57 Å². The number of hydrogen-bond acceptors (Lipinski definition) is 4. The van der Waals surface area contributed by atoms with Crippen molar-refractivity contribution >= 4 is 33.5 Å². The van der Waals surface area contributed by atoms with Gasteiger partial charge in [-0.25, -0.2) is 0 Å². The number of rotatable bonds is 4. The standard InChI is InChI=1S/C16H18BrN3OS/c1-11(15(21)12-6-8-13(17)9-7-12)22-16-19-18-14-5-3-2-4-10-20(14)16/h6-9,11H,2-5,10H2,1H3. The fraction of sp³-hybridized carbons (Fsp3) is 0.438. The Bertz CT molecular complexity index is 669. The van der Waals surface area contributed by atoms with E-state index in [9.17, 15) is 4.79 Å². The van der Waals surface area contributed by atoms with Crippen LogP contribution in [0.25, 0.3) is 0 Å². The molecular weight excluding hydrogens is 362 g/mol. The third-order valence-corrected chi connectivity index (χ3v) is 5.46. The lowest BCUT2D eigenvalue weighted by Gasteiger charge is -2.11. The second kappa shape index (κ2) is 6.96. The van der Waals surface area contributed by atoms with E-state index in [0.29, 0.717) is 0 Å². The first-order chi connectivity index (χ1) is 10.6. The topological polar surface area (TPSA) is 47.8 Å². The molecule has 3 rings (SSSR count). The predicted octanol–water partition coefficient (Wildman–Crippen LogP) is 4.13. The summed E-state index contributed by atoms with van der Waals surface area (Å²) in [6.07, 6.45) is 4.56. The molecule has 0 aliphatic carbocycles. The molecule has 2 aromatic rings. The van der Waals surface area contributed by atoms with Crippen LogP contribution in [0.1, 0.15) is 42.4 Å². The molecule has 0 radical (unpaired) electrons. The van der Waals surface area contributed by atoms with Gasteiger partial charge in [-0.1, -0.05) is 46.2 Å². The van der Waals surface area contributed by atoms with Crippen LogP contribution in [0.3, 0.4) is 0 Å². The molecular formula is C16H18BrN3OS. The zero-order valence-electron chi connectivity index (χ0n) is 12.5. The van der Waals surface area contributed by atoms with Crippen LogP contribution < -0.4 is 0 Å². The van der Waals surface area contributed by atoms with Crippen LogP contribution in [0.4, 0.5) is 0 Å². The number of carbonyl (C=O) groups excluding carboxylic acids is 1. The number of hydrogen-bond donors (Lipinski definition) is 0. The first-order valence-electron chi connectivity index (χ1n) is 7.53. The summed E-state index contributed by atoms with van der Waals surface area (Å²) in [5.74, 6) is 1.19. The van der Waals surface area contributed by atoms with Crippen molar-refractivity contribution in [2.45, 2.75) is 49.6 Å². The number of fused-ring (bicyclic) bond motifs is 1. The average Bonchev–Trinajstić information content (AvgIpc) is 2.75. The van der Waals surface area contributed by atoms with E-state index >= 15 is 0 Å². The van der Waals surface area contributed by atoms with Gasteiger partial charge in [0.05, 0.1) is 5.25 Å². The summed E-state index contributed by atoms with van der Waals surface area (Å²) in [5.41, 5.74) is 0.735. The van der Waals surface area contributed by atoms with Crippen LogP contribution in [0.15, 0.2) is 33.9 Å². The number of thioether (sulfide) groups is 1. The summed E-state index contributed by atoms with van der Waals surface area (Å²) >= 11 is 4.90. The van der Waals surface area contributed by atoms with Gasteiger partial charge >= 0.3 is 0 Å². The average molecular weight is 380 g/mol. The number of carbonyl (C=O) groups is 1. The molecule has 0 saturated carbocycles. The van der Waals surface area contributed by atoms with Crippen LogP contribution in [0.2, 0.25) is 0 Å². The normalized spacial score (nSPS) is 15.9. The molecule has 2 heterocycles. The monoisotopic (exact) mass is 379 g/mol. The SMILES string of the molecule is CC(Sc1nnc2n1CCCCC2)C(=O)c1ccc(Br)cc1. The first kappa shape index (κ1) is 15.7. The minimum Gasteiger partial charge on any atom is -0.306 e. The summed E-state index contributed by atoms with van der Waals surface area (Å²) in [5, 5.41) is 9.28. The summed E-state index contributed by atoms with van der Waals surface area (Å²) < 4.78 is 3.16. The fourth-order valence-electron chi connectivity index (χ4n) is 2.61. The van der Waals surface area contributed by atoms with Crippen molar-refractivity contribution in [1.29, 1.82) is 0 Å². The second-order valence-corrected chi connectivity index (χ2v) is 7.72. The highest BCUT2D eigenvalue weighted by Gasteiger charge is 2.21. The Balaban J connectivity index is 1.74. The largest absolute Gasteiger partial charge is 0.306 e. The molecule has 1 aromatic heterocycles. The Hall–Kier alpha value is -1.14. The predicted molar refractivity (Wildman–Crippen MR) is 91.4 cm³/mol. The highest BCUT2D eigenvalue weighted by molar-refractivity contribution is 9.10. The number of aromatic nitrogens is 3. The highest BCUT2D eigenvalue weighted by Crippen LogP contribution is 2.27. The molecule has 0 fully saturated rings. The van der Waals surface area contributed by atoms with Crippen molar-refractivity contribution in [3.05, 3.63) is 40.1 Å². The zero-order valence-corrected chi connectivity index (χ0v) is 14.9. The molecule has 0 amide bonds. The zero-order chi connectivity index (χ0) is 15.5. The van der Waals surface area contributed by atoms with Crippen LogP contribution >= 0.6 is 27.7 Å². The summed E-state index contributed by atoms with van der Waals surface area (Å²) in [4.78, 5) is 12.5. The first-order valence-corrected chi connectivity index (χ1v) is 9.21. The molecule has 22 heavy (non-hydrogen) atoms. The molecule has 4 nitrogen and oxygen atoms in total. The van der Waals surface area contributed by atoms with Crippen molar-refractivity contribution in [3.8, 4) is 0 Å². The van der Waals surface area contributed by atoms with Crippen molar-refractivity contribution in [1.82, 2.24) is 14.8 Å². The van der Waals surface area contributed by atoms with Gasteiger partial charge in [-0.3, -0.25) is 4.79 Å². The molecule has 6 heteroatoms. The molecule has 116 valence electrons. The van der Waals surface area contributed by atoms with Gasteiger partial charge in [0, 0.05) is 23.0 Å². The Morgan fingerprint density at radius 2 is 2.00 bits per heavy atom. The number of benzene rings is 1. The molecule has 0 saturated heterocycles. The van der Waals surface area contributed by atoms with E-state index in [4.69, 9.17) is 0 Å². The molecule has 1 aliphatic rings. The van der Waals surface area contributed by atoms with Gasteiger partial charge in [0.1, 0.15) is 5.82 Å². The minimum atomic E-state index is -0.169. The Labute approximate surface area is 142 Å². The summed E-state index contributed by atoms with van der Waals surface area (Å²) in [6.45, 7) is 2.90. The van der Waals surface area contributed by atoms with E-state index in [1.165, 1.54) is 24.6 Å². The van der Waals surface area contributed by atoms with E-state index in [2.05, 4.69) is 30.7 Å². The van der Waals surface area contributed by atoms with Gasteiger partial charge in [0.25, 0.3) is 0 Å². The lowest BCUT2D eigenvalue weighted by molar-refractivity contribution is 0.0994. The lowest BCUT2D eigenvalue weighted by atomic mass is 10.1. The molecule has 1 unspecified atom stereocenters. The Morgan fingerprint density at radius 1 is 1.23 bits per heavy atom.